The molecule has 0 aliphatic carbocycles. The van der Waals surface area contributed by atoms with Crippen molar-refractivity contribution in [3.05, 3.63) is 56.4 Å². The largest absolute Gasteiger partial charge is 0.382 e. The summed E-state index contributed by atoms with van der Waals surface area (Å²) in [5.41, 5.74) is 1.25. The summed E-state index contributed by atoms with van der Waals surface area (Å²) in [6.45, 7) is 0.644. The van der Waals surface area contributed by atoms with Crippen LogP contribution in [-0.2, 0) is 6.42 Å². The van der Waals surface area contributed by atoms with Gasteiger partial charge in [0.25, 0.3) is 5.56 Å². The Bertz CT molecular complexity index is 598. The molecule has 18 heavy (non-hydrogen) atoms. The van der Waals surface area contributed by atoms with Gasteiger partial charge in [0.2, 0.25) is 0 Å². The zero-order valence-corrected chi connectivity index (χ0v) is 10.9. The molecule has 0 amide bonds. The molecule has 1 aromatic carbocycles. The maximum Gasteiger partial charge on any atom is 0.285 e. The first-order chi connectivity index (χ1) is 8.66. The SMILES string of the molecule is O=c1[nH]ncc(NCCc2cccc(Cl)c2)c1Cl. The van der Waals surface area contributed by atoms with E-state index in [0.29, 0.717) is 17.3 Å². The topological polar surface area (TPSA) is 57.8 Å². The van der Waals surface area contributed by atoms with Crippen LogP contribution in [0.5, 0.6) is 0 Å². The third kappa shape index (κ3) is 3.24. The minimum Gasteiger partial charge on any atom is -0.382 e. The zero-order valence-electron chi connectivity index (χ0n) is 9.41. The average molecular weight is 284 g/mol. The molecule has 0 radical (unpaired) electrons. The van der Waals surface area contributed by atoms with Crippen LogP contribution in [0.15, 0.2) is 35.3 Å². The van der Waals surface area contributed by atoms with E-state index in [4.69, 9.17) is 23.2 Å². The Balaban J connectivity index is 1.97. The number of halogens is 2. The Morgan fingerprint density at radius 2 is 2.17 bits per heavy atom. The van der Waals surface area contributed by atoms with Gasteiger partial charge in [-0.25, -0.2) is 5.10 Å². The molecule has 2 aromatic rings. The number of hydrogen-bond acceptors (Lipinski definition) is 3. The van der Waals surface area contributed by atoms with Crippen LogP contribution in [0.3, 0.4) is 0 Å². The number of rotatable bonds is 4. The molecule has 0 atom stereocenters. The highest BCUT2D eigenvalue weighted by molar-refractivity contribution is 6.32. The monoisotopic (exact) mass is 283 g/mol. The molecule has 4 nitrogen and oxygen atoms in total. The van der Waals surface area contributed by atoms with E-state index in [2.05, 4.69) is 15.5 Å². The van der Waals surface area contributed by atoms with Gasteiger partial charge < -0.3 is 5.32 Å². The molecule has 1 aromatic heterocycles. The van der Waals surface area contributed by atoms with Crippen LogP contribution in [-0.4, -0.2) is 16.7 Å². The average Bonchev–Trinajstić information content (AvgIpc) is 2.35. The predicted molar refractivity (Wildman–Crippen MR) is 73.5 cm³/mol. The Morgan fingerprint density at radius 3 is 2.94 bits per heavy atom. The summed E-state index contributed by atoms with van der Waals surface area (Å²) >= 11 is 11.7. The summed E-state index contributed by atoms with van der Waals surface area (Å²) in [7, 11) is 0. The van der Waals surface area contributed by atoms with E-state index in [0.717, 1.165) is 12.0 Å². The lowest BCUT2D eigenvalue weighted by Crippen LogP contribution is -2.13. The van der Waals surface area contributed by atoms with Gasteiger partial charge in [-0.05, 0) is 24.1 Å². The number of aromatic amines is 1. The van der Waals surface area contributed by atoms with Crippen LogP contribution >= 0.6 is 23.2 Å². The molecule has 6 heteroatoms. The molecular formula is C12H11Cl2N3O. The number of H-pyrrole nitrogens is 1. The molecule has 0 saturated heterocycles. The quantitative estimate of drug-likeness (QED) is 0.907. The van der Waals surface area contributed by atoms with Gasteiger partial charge in [-0.3, -0.25) is 4.79 Å². The number of aromatic nitrogens is 2. The van der Waals surface area contributed by atoms with E-state index in [1.807, 2.05) is 24.3 Å². The first-order valence-electron chi connectivity index (χ1n) is 5.38. The van der Waals surface area contributed by atoms with Crippen molar-refractivity contribution >= 4 is 28.9 Å². The van der Waals surface area contributed by atoms with Crippen molar-refractivity contribution < 1.29 is 0 Å². The molecule has 2 rings (SSSR count). The van der Waals surface area contributed by atoms with Gasteiger partial charge in [0.1, 0.15) is 5.02 Å². The van der Waals surface area contributed by atoms with Crippen molar-refractivity contribution in [3.63, 3.8) is 0 Å². The smallest absolute Gasteiger partial charge is 0.285 e. The number of nitrogens with zero attached hydrogens (tertiary/aromatic N) is 1. The molecule has 0 unspecified atom stereocenters. The van der Waals surface area contributed by atoms with Crippen molar-refractivity contribution in [1.29, 1.82) is 0 Å². The summed E-state index contributed by atoms with van der Waals surface area (Å²) in [5, 5.41) is 9.84. The number of nitrogens with one attached hydrogen (secondary N) is 2. The van der Waals surface area contributed by atoms with Crippen molar-refractivity contribution in [3.8, 4) is 0 Å². The van der Waals surface area contributed by atoms with Crippen LogP contribution in [0, 0.1) is 0 Å². The van der Waals surface area contributed by atoms with E-state index < -0.39 is 5.56 Å². The molecule has 0 bridgehead atoms. The van der Waals surface area contributed by atoms with E-state index in [-0.39, 0.29) is 5.02 Å². The number of anilines is 1. The zero-order chi connectivity index (χ0) is 13.0. The lowest BCUT2D eigenvalue weighted by atomic mass is 10.1. The summed E-state index contributed by atoms with van der Waals surface area (Å²) in [6, 6.07) is 7.63. The summed E-state index contributed by atoms with van der Waals surface area (Å²) in [5.74, 6) is 0. The molecule has 0 spiro atoms. The van der Waals surface area contributed by atoms with E-state index >= 15 is 0 Å². The molecule has 94 valence electrons. The molecule has 0 saturated carbocycles. The first kappa shape index (κ1) is 12.9. The highest BCUT2D eigenvalue weighted by Crippen LogP contribution is 2.15. The van der Waals surface area contributed by atoms with Crippen LogP contribution in [0.1, 0.15) is 5.56 Å². The number of benzene rings is 1. The third-order valence-corrected chi connectivity index (χ3v) is 3.02. The molecule has 2 N–H and O–H groups in total. The standard InChI is InChI=1S/C12H11Cl2N3O/c13-9-3-1-2-8(6-9)4-5-15-10-7-16-17-12(18)11(10)14/h1-3,6-7H,4-5H2,(H2,15,17,18). The van der Waals surface area contributed by atoms with Crippen LogP contribution in [0.25, 0.3) is 0 Å². The minimum absolute atomic E-state index is 0.121. The first-order valence-corrected chi connectivity index (χ1v) is 6.14. The van der Waals surface area contributed by atoms with Gasteiger partial charge in [0.15, 0.2) is 0 Å². The lowest BCUT2D eigenvalue weighted by Gasteiger charge is -2.07. The van der Waals surface area contributed by atoms with E-state index in [1.54, 1.807) is 0 Å². The highest BCUT2D eigenvalue weighted by Gasteiger charge is 2.03. The summed E-state index contributed by atoms with van der Waals surface area (Å²) < 4.78 is 0. The third-order valence-electron chi connectivity index (χ3n) is 2.41. The predicted octanol–water partition coefficient (Wildman–Crippen LogP) is 2.73. The fraction of sp³-hybridized carbons (Fsp3) is 0.167. The Morgan fingerprint density at radius 1 is 1.33 bits per heavy atom. The Labute approximate surface area is 114 Å². The molecular weight excluding hydrogens is 273 g/mol. The van der Waals surface area contributed by atoms with Gasteiger partial charge in [-0.1, -0.05) is 35.3 Å². The van der Waals surface area contributed by atoms with Crippen molar-refractivity contribution in [2.45, 2.75) is 6.42 Å². The minimum atomic E-state index is -0.399. The van der Waals surface area contributed by atoms with Crippen molar-refractivity contribution in [2.24, 2.45) is 0 Å². The lowest BCUT2D eigenvalue weighted by molar-refractivity contribution is 0.969. The van der Waals surface area contributed by atoms with Gasteiger partial charge in [0, 0.05) is 11.6 Å². The second kappa shape index (κ2) is 5.89. The van der Waals surface area contributed by atoms with Gasteiger partial charge in [-0.2, -0.15) is 5.10 Å². The maximum absolute atomic E-state index is 11.2. The normalized spacial score (nSPS) is 10.3. The van der Waals surface area contributed by atoms with Crippen LogP contribution in [0.2, 0.25) is 10.0 Å². The fourth-order valence-electron chi connectivity index (χ4n) is 1.54. The van der Waals surface area contributed by atoms with Gasteiger partial charge in [-0.15, -0.1) is 0 Å². The van der Waals surface area contributed by atoms with E-state index in [9.17, 15) is 4.79 Å². The van der Waals surface area contributed by atoms with E-state index in [1.165, 1.54) is 6.20 Å². The Kier molecular flexibility index (Phi) is 4.23. The number of hydrogen-bond donors (Lipinski definition) is 2. The van der Waals surface area contributed by atoms with Crippen molar-refractivity contribution in [2.75, 3.05) is 11.9 Å². The second-order valence-corrected chi connectivity index (χ2v) is 4.55. The second-order valence-electron chi connectivity index (χ2n) is 3.73. The van der Waals surface area contributed by atoms with Gasteiger partial charge >= 0.3 is 0 Å². The van der Waals surface area contributed by atoms with Crippen LogP contribution < -0.4 is 10.9 Å². The fourth-order valence-corrected chi connectivity index (χ4v) is 1.91. The highest BCUT2D eigenvalue weighted by atomic mass is 35.5. The molecule has 0 aliphatic rings. The van der Waals surface area contributed by atoms with Crippen molar-refractivity contribution in [1.82, 2.24) is 10.2 Å². The summed E-state index contributed by atoms with van der Waals surface area (Å²) in [4.78, 5) is 11.2. The maximum atomic E-state index is 11.2. The van der Waals surface area contributed by atoms with Crippen LogP contribution in [0.4, 0.5) is 5.69 Å². The molecule has 1 heterocycles. The molecule has 0 aliphatic heterocycles. The Hall–Kier alpha value is -1.52. The molecule has 0 fully saturated rings. The van der Waals surface area contributed by atoms with Gasteiger partial charge in [0.05, 0.1) is 11.9 Å². The summed E-state index contributed by atoms with van der Waals surface area (Å²) in [6.07, 6.45) is 2.27.